The highest BCUT2D eigenvalue weighted by atomic mass is 19.1. The van der Waals surface area contributed by atoms with Crippen LogP contribution in [-0.4, -0.2) is 30.4 Å². The van der Waals surface area contributed by atoms with Crippen molar-refractivity contribution in [3.8, 4) is 0 Å². The highest BCUT2D eigenvalue weighted by Gasteiger charge is 2.30. The monoisotopic (exact) mass is 295 g/mol. The highest BCUT2D eigenvalue weighted by molar-refractivity contribution is 6.05. The van der Waals surface area contributed by atoms with Gasteiger partial charge in [-0.15, -0.1) is 0 Å². The number of anilines is 1. The zero-order valence-corrected chi connectivity index (χ0v) is 12.4. The van der Waals surface area contributed by atoms with Crippen LogP contribution >= 0.6 is 0 Å². The van der Waals surface area contributed by atoms with Crippen molar-refractivity contribution in [1.82, 2.24) is 0 Å². The number of ether oxygens (including phenoxy) is 2. The molecule has 0 atom stereocenters. The molecule has 21 heavy (non-hydrogen) atoms. The molecule has 0 unspecified atom stereocenters. The number of methoxy groups -OCH3 is 1. The molecule has 114 valence electrons. The third-order valence-corrected chi connectivity index (χ3v) is 2.59. The fourth-order valence-electron chi connectivity index (χ4n) is 1.69. The summed E-state index contributed by atoms with van der Waals surface area (Å²) >= 11 is 0. The van der Waals surface area contributed by atoms with Gasteiger partial charge in [0.05, 0.1) is 12.8 Å². The molecule has 1 aromatic rings. The van der Waals surface area contributed by atoms with Gasteiger partial charge in [0.2, 0.25) is 5.90 Å². The number of amidine groups is 1. The van der Waals surface area contributed by atoms with Crippen molar-refractivity contribution < 1.29 is 18.7 Å². The van der Waals surface area contributed by atoms with Gasteiger partial charge >= 0.3 is 5.97 Å². The fraction of sp³-hybridized carbons (Fsp3) is 0.357. The van der Waals surface area contributed by atoms with Gasteiger partial charge in [0, 0.05) is 12.5 Å². The highest BCUT2D eigenvalue weighted by Crippen LogP contribution is 2.16. The van der Waals surface area contributed by atoms with Crippen molar-refractivity contribution in [2.24, 2.45) is 4.99 Å². The summed E-state index contributed by atoms with van der Waals surface area (Å²) in [6.07, 6.45) is 0. The van der Waals surface area contributed by atoms with E-state index in [4.69, 9.17) is 20.6 Å². The van der Waals surface area contributed by atoms with Crippen LogP contribution in [0.2, 0.25) is 0 Å². The largest absolute Gasteiger partial charge is 0.481 e. The first-order valence-corrected chi connectivity index (χ1v) is 6.14. The topological polar surface area (TPSA) is 97.8 Å². The van der Waals surface area contributed by atoms with E-state index in [2.05, 4.69) is 4.99 Å². The van der Waals surface area contributed by atoms with E-state index in [1.165, 1.54) is 26.2 Å². The molecule has 0 saturated carbocycles. The summed E-state index contributed by atoms with van der Waals surface area (Å²) in [4.78, 5) is 15.1. The molecule has 0 aromatic heterocycles. The zero-order valence-electron chi connectivity index (χ0n) is 12.4. The SMILES string of the molecule is CO/C(=N\C(=N)c1ccc(F)c(N)c1)C(C)(C)OC(C)=O. The number of carbonyl (C=O) groups is 1. The molecule has 3 N–H and O–H groups in total. The number of nitrogens with two attached hydrogens (primary N) is 1. The van der Waals surface area contributed by atoms with Crippen molar-refractivity contribution in [2.45, 2.75) is 26.4 Å². The molecule has 1 rings (SSSR count). The average Bonchev–Trinajstić information content (AvgIpc) is 2.37. The molecule has 0 amide bonds. The quantitative estimate of drug-likeness (QED) is 0.386. The van der Waals surface area contributed by atoms with Crippen LogP contribution in [0, 0.1) is 11.2 Å². The molecule has 0 radical (unpaired) electrons. The maximum absolute atomic E-state index is 13.1. The summed E-state index contributed by atoms with van der Waals surface area (Å²) < 4.78 is 23.3. The van der Waals surface area contributed by atoms with Crippen LogP contribution in [0.1, 0.15) is 26.3 Å². The van der Waals surface area contributed by atoms with Gasteiger partial charge < -0.3 is 15.2 Å². The van der Waals surface area contributed by atoms with Crippen LogP contribution in [0.4, 0.5) is 10.1 Å². The summed E-state index contributed by atoms with van der Waals surface area (Å²) in [7, 11) is 1.36. The standard InChI is InChI=1S/C14H18FN3O3/c1-8(19)21-14(2,3)13(20-4)18-12(17)9-5-6-10(15)11(16)7-9/h5-7,17H,16H2,1-4H3/b17-12?,18-13-. The smallest absolute Gasteiger partial charge is 0.303 e. The van der Waals surface area contributed by atoms with Gasteiger partial charge in [0.15, 0.2) is 11.4 Å². The van der Waals surface area contributed by atoms with Crippen LogP contribution in [0.25, 0.3) is 0 Å². The first kappa shape index (κ1) is 16.6. The number of carbonyl (C=O) groups excluding carboxylic acids is 1. The summed E-state index contributed by atoms with van der Waals surface area (Å²) in [5, 5.41) is 7.91. The van der Waals surface area contributed by atoms with Crippen molar-refractivity contribution in [3.05, 3.63) is 29.6 Å². The van der Waals surface area contributed by atoms with Gasteiger partial charge in [-0.05, 0) is 32.0 Å². The van der Waals surface area contributed by atoms with Gasteiger partial charge in [-0.1, -0.05) is 0 Å². The molecular formula is C14H18FN3O3. The third-order valence-electron chi connectivity index (χ3n) is 2.59. The molecule has 0 fully saturated rings. The van der Waals surface area contributed by atoms with Crippen molar-refractivity contribution in [2.75, 3.05) is 12.8 Å². The van der Waals surface area contributed by atoms with E-state index in [9.17, 15) is 9.18 Å². The van der Waals surface area contributed by atoms with E-state index in [0.29, 0.717) is 5.56 Å². The van der Waals surface area contributed by atoms with E-state index in [0.717, 1.165) is 6.07 Å². The minimum Gasteiger partial charge on any atom is -0.481 e. The number of hydrogen-bond donors (Lipinski definition) is 2. The molecule has 0 aliphatic rings. The second-order valence-corrected chi connectivity index (χ2v) is 4.81. The molecule has 0 aliphatic heterocycles. The van der Waals surface area contributed by atoms with Crippen LogP contribution < -0.4 is 5.73 Å². The number of rotatable bonds is 3. The second-order valence-electron chi connectivity index (χ2n) is 4.81. The Morgan fingerprint density at radius 2 is 2.05 bits per heavy atom. The molecule has 0 heterocycles. The van der Waals surface area contributed by atoms with Crippen LogP contribution in [0.5, 0.6) is 0 Å². The number of nitrogens with zero attached hydrogens (tertiary/aromatic N) is 1. The van der Waals surface area contributed by atoms with Gasteiger partial charge in [-0.25, -0.2) is 4.39 Å². The van der Waals surface area contributed by atoms with Gasteiger partial charge in [-0.3, -0.25) is 10.2 Å². The Morgan fingerprint density at radius 3 is 2.52 bits per heavy atom. The lowest BCUT2D eigenvalue weighted by molar-refractivity contribution is -0.149. The van der Waals surface area contributed by atoms with E-state index in [1.807, 2.05) is 0 Å². The summed E-state index contributed by atoms with van der Waals surface area (Å²) in [6.45, 7) is 4.44. The molecule has 0 aliphatic carbocycles. The molecule has 1 aromatic carbocycles. The number of nitrogens with one attached hydrogen (secondary N) is 1. The van der Waals surface area contributed by atoms with E-state index < -0.39 is 17.4 Å². The normalized spacial score (nSPS) is 12.0. The average molecular weight is 295 g/mol. The Hall–Kier alpha value is -2.44. The Labute approximate surface area is 122 Å². The minimum absolute atomic E-state index is 0.0468. The number of benzene rings is 1. The van der Waals surface area contributed by atoms with Gasteiger partial charge in [-0.2, -0.15) is 4.99 Å². The lowest BCUT2D eigenvalue weighted by Crippen LogP contribution is -2.38. The minimum atomic E-state index is -1.13. The fourth-order valence-corrected chi connectivity index (χ4v) is 1.69. The zero-order chi connectivity index (χ0) is 16.2. The summed E-state index contributed by atoms with van der Waals surface area (Å²) in [5.41, 5.74) is 4.57. The Bertz CT molecular complexity index is 597. The second kappa shape index (κ2) is 6.34. The van der Waals surface area contributed by atoms with Crippen LogP contribution in [0.15, 0.2) is 23.2 Å². The summed E-state index contributed by atoms with van der Waals surface area (Å²) in [6, 6.07) is 3.83. The molecule has 0 saturated heterocycles. The maximum Gasteiger partial charge on any atom is 0.303 e. The Morgan fingerprint density at radius 1 is 1.43 bits per heavy atom. The lowest BCUT2D eigenvalue weighted by atomic mass is 10.1. The number of hydrogen-bond acceptors (Lipinski definition) is 5. The van der Waals surface area contributed by atoms with E-state index in [1.54, 1.807) is 13.8 Å². The van der Waals surface area contributed by atoms with E-state index >= 15 is 0 Å². The maximum atomic E-state index is 13.1. The predicted octanol–water partition coefficient (Wildman–Crippen LogP) is 2.12. The molecule has 0 bridgehead atoms. The molecule has 6 nitrogen and oxygen atoms in total. The van der Waals surface area contributed by atoms with Gasteiger partial charge in [0.25, 0.3) is 0 Å². The first-order chi connectivity index (χ1) is 9.67. The number of aliphatic imine (C=N–C) groups is 1. The predicted molar refractivity (Wildman–Crippen MR) is 77.9 cm³/mol. The first-order valence-electron chi connectivity index (χ1n) is 6.14. The molecular weight excluding hydrogens is 277 g/mol. The van der Waals surface area contributed by atoms with Crippen LogP contribution in [0.3, 0.4) is 0 Å². The molecule has 0 spiro atoms. The third kappa shape index (κ3) is 4.27. The lowest BCUT2D eigenvalue weighted by Gasteiger charge is -2.24. The van der Waals surface area contributed by atoms with Crippen molar-refractivity contribution in [3.63, 3.8) is 0 Å². The number of esters is 1. The van der Waals surface area contributed by atoms with E-state index in [-0.39, 0.29) is 17.4 Å². The van der Waals surface area contributed by atoms with Gasteiger partial charge in [0.1, 0.15) is 5.82 Å². The Balaban J connectivity index is 3.09. The summed E-state index contributed by atoms with van der Waals surface area (Å²) in [5.74, 6) is -1.20. The number of nitrogen functional groups attached to an aromatic ring is 1. The van der Waals surface area contributed by atoms with Crippen molar-refractivity contribution >= 4 is 23.4 Å². The molecule has 7 heteroatoms. The van der Waals surface area contributed by atoms with Crippen molar-refractivity contribution in [1.29, 1.82) is 5.41 Å². The number of halogens is 1. The van der Waals surface area contributed by atoms with Crippen LogP contribution in [-0.2, 0) is 14.3 Å². The Kier molecular flexibility index (Phi) is 5.02.